The minimum atomic E-state index is -0.176. The molecule has 0 radical (unpaired) electrons. The lowest BCUT2D eigenvalue weighted by molar-refractivity contribution is -0.119. The van der Waals surface area contributed by atoms with Crippen molar-refractivity contribution in [2.24, 2.45) is 0 Å². The molecule has 0 aliphatic carbocycles. The number of anilines is 2. The van der Waals surface area contributed by atoms with E-state index >= 15 is 0 Å². The minimum absolute atomic E-state index is 0.0963. The van der Waals surface area contributed by atoms with Crippen LogP contribution in [0, 0.1) is 6.92 Å². The summed E-state index contributed by atoms with van der Waals surface area (Å²) in [6, 6.07) is 12.6. The summed E-state index contributed by atoms with van der Waals surface area (Å²) < 4.78 is 0. The van der Waals surface area contributed by atoms with Crippen molar-refractivity contribution in [1.29, 1.82) is 0 Å². The Labute approximate surface area is 176 Å². The Bertz CT molecular complexity index is 827. The Balaban J connectivity index is 1.87. The van der Waals surface area contributed by atoms with Gasteiger partial charge in [-0.25, -0.2) is 0 Å². The van der Waals surface area contributed by atoms with Gasteiger partial charge in [0, 0.05) is 23.7 Å². The molecule has 7 heteroatoms. The molecule has 0 unspecified atom stereocenters. The van der Waals surface area contributed by atoms with Crippen molar-refractivity contribution in [1.82, 2.24) is 4.90 Å². The highest BCUT2D eigenvalue weighted by atomic mass is 35.5. The minimum Gasteiger partial charge on any atom is -0.325 e. The van der Waals surface area contributed by atoms with E-state index in [4.69, 9.17) is 23.2 Å². The lowest BCUT2D eigenvalue weighted by Gasteiger charge is -2.21. The number of hydrogen-bond acceptors (Lipinski definition) is 3. The fourth-order valence-corrected chi connectivity index (χ4v) is 3.09. The topological polar surface area (TPSA) is 61.4 Å². The maximum Gasteiger partial charge on any atom is 0.238 e. The predicted octanol–water partition coefficient (Wildman–Crippen LogP) is 4.98. The van der Waals surface area contributed by atoms with Gasteiger partial charge in [0.2, 0.25) is 11.8 Å². The summed E-state index contributed by atoms with van der Waals surface area (Å²) in [5.41, 5.74) is 2.30. The second-order valence-corrected chi connectivity index (χ2v) is 7.41. The van der Waals surface area contributed by atoms with Crippen LogP contribution in [-0.2, 0) is 9.59 Å². The van der Waals surface area contributed by atoms with Crippen LogP contribution in [0.5, 0.6) is 0 Å². The lowest BCUT2D eigenvalue weighted by atomic mass is 10.2. The van der Waals surface area contributed by atoms with Gasteiger partial charge in [-0.3, -0.25) is 14.5 Å². The van der Waals surface area contributed by atoms with E-state index in [0.29, 0.717) is 22.3 Å². The first-order chi connectivity index (χ1) is 13.4. The molecule has 2 rings (SSSR count). The SMILES string of the molecule is CCCN(CCC(=O)Nc1cc(Cl)ccc1Cl)CC(=O)Nc1ccccc1C. The first kappa shape index (κ1) is 22.2. The second kappa shape index (κ2) is 11.1. The molecule has 0 atom stereocenters. The molecule has 0 aromatic heterocycles. The number of nitrogens with zero attached hydrogens (tertiary/aromatic N) is 1. The van der Waals surface area contributed by atoms with Crippen LogP contribution in [0.2, 0.25) is 10.0 Å². The van der Waals surface area contributed by atoms with Gasteiger partial charge in [0.25, 0.3) is 0 Å². The van der Waals surface area contributed by atoms with Crippen molar-refractivity contribution in [3.05, 3.63) is 58.1 Å². The van der Waals surface area contributed by atoms with E-state index in [-0.39, 0.29) is 24.8 Å². The molecule has 0 spiro atoms. The van der Waals surface area contributed by atoms with Crippen LogP contribution in [-0.4, -0.2) is 36.3 Å². The van der Waals surface area contributed by atoms with Gasteiger partial charge in [-0.2, -0.15) is 0 Å². The van der Waals surface area contributed by atoms with E-state index in [1.807, 2.05) is 43.0 Å². The average Bonchev–Trinajstić information content (AvgIpc) is 2.65. The van der Waals surface area contributed by atoms with Gasteiger partial charge in [0.15, 0.2) is 0 Å². The van der Waals surface area contributed by atoms with Gasteiger partial charge in [-0.05, 0) is 49.7 Å². The average molecular weight is 422 g/mol. The van der Waals surface area contributed by atoms with Crippen LogP contribution in [0.15, 0.2) is 42.5 Å². The van der Waals surface area contributed by atoms with Crippen LogP contribution in [0.3, 0.4) is 0 Å². The number of nitrogens with one attached hydrogen (secondary N) is 2. The molecular weight excluding hydrogens is 397 g/mol. The highest BCUT2D eigenvalue weighted by Gasteiger charge is 2.14. The zero-order valence-corrected chi connectivity index (χ0v) is 17.6. The first-order valence-electron chi connectivity index (χ1n) is 9.21. The Hall–Kier alpha value is -2.08. The molecule has 0 fully saturated rings. The Morgan fingerprint density at radius 3 is 2.39 bits per heavy atom. The van der Waals surface area contributed by atoms with Crippen LogP contribution in [0.25, 0.3) is 0 Å². The first-order valence-corrected chi connectivity index (χ1v) is 9.97. The summed E-state index contributed by atoms with van der Waals surface area (Å²) in [7, 11) is 0. The van der Waals surface area contributed by atoms with Crippen LogP contribution in [0.1, 0.15) is 25.3 Å². The lowest BCUT2D eigenvalue weighted by Crippen LogP contribution is -2.36. The Kier molecular flexibility index (Phi) is 8.77. The van der Waals surface area contributed by atoms with Gasteiger partial charge in [0.1, 0.15) is 0 Å². The van der Waals surface area contributed by atoms with Crippen molar-refractivity contribution < 1.29 is 9.59 Å². The summed E-state index contributed by atoms with van der Waals surface area (Å²) in [5.74, 6) is -0.273. The number of amides is 2. The fourth-order valence-electron chi connectivity index (χ4n) is 2.76. The zero-order chi connectivity index (χ0) is 20.5. The number of carbonyl (C=O) groups is 2. The standard InChI is InChI=1S/C21H25Cl2N3O2/c1-3-11-26(14-21(28)24-18-7-5-4-6-15(18)2)12-10-20(27)25-19-13-16(22)8-9-17(19)23/h4-9,13H,3,10-12,14H2,1-2H3,(H,24,28)(H,25,27). The largest absolute Gasteiger partial charge is 0.325 e. The smallest absolute Gasteiger partial charge is 0.238 e. The zero-order valence-electron chi connectivity index (χ0n) is 16.1. The molecule has 2 aromatic rings. The number of benzene rings is 2. The number of hydrogen-bond donors (Lipinski definition) is 2. The Morgan fingerprint density at radius 1 is 0.964 bits per heavy atom. The summed E-state index contributed by atoms with van der Waals surface area (Å²) >= 11 is 12.0. The van der Waals surface area contributed by atoms with Crippen molar-refractivity contribution in [2.45, 2.75) is 26.7 Å². The molecule has 2 N–H and O–H groups in total. The van der Waals surface area contributed by atoms with Gasteiger partial charge in [0.05, 0.1) is 17.3 Å². The third kappa shape index (κ3) is 7.15. The normalized spacial score (nSPS) is 10.8. The Morgan fingerprint density at radius 2 is 1.68 bits per heavy atom. The summed E-state index contributed by atoms with van der Waals surface area (Å²) in [4.78, 5) is 26.6. The maximum absolute atomic E-state index is 12.4. The van der Waals surface area contributed by atoms with E-state index in [9.17, 15) is 9.59 Å². The van der Waals surface area contributed by atoms with Gasteiger partial charge < -0.3 is 10.6 Å². The molecule has 0 aliphatic rings. The molecule has 0 saturated carbocycles. The van der Waals surface area contributed by atoms with E-state index in [0.717, 1.165) is 24.2 Å². The molecule has 2 aromatic carbocycles. The summed E-state index contributed by atoms with van der Waals surface area (Å²) in [6.07, 6.45) is 1.14. The molecule has 5 nitrogen and oxygen atoms in total. The molecule has 0 aliphatic heterocycles. The third-order valence-corrected chi connectivity index (χ3v) is 4.75. The molecule has 0 heterocycles. The number of halogens is 2. The van der Waals surface area contributed by atoms with Gasteiger partial charge in [-0.15, -0.1) is 0 Å². The molecule has 0 saturated heterocycles. The molecule has 150 valence electrons. The predicted molar refractivity (Wildman–Crippen MR) is 116 cm³/mol. The van der Waals surface area contributed by atoms with Gasteiger partial charge >= 0.3 is 0 Å². The van der Waals surface area contributed by atoms with Crippen molar-refractivity contribution in [3.8, 4) is 0 Å². The molecular formula is C21H25Cl2N3O2. The van der Waals surface area contributed by atoms with E-state index in [1.54, 1.807) is 18.2 Å². The van der Waals surface area contributed by atoms with E-state index in [1.165, 1.54) is 0 Å². The van der Waals surface area contributed by atoms with Crippen LogP contribution in [0.4, 0.5) is 11.4 Å². The summed E-state index contributed by atoms with van der Waals surface area (Å²) in [5, 5.41) is 6.63. The number of para-hydroxylation sites is 1. The second-order valence-electron chi connectivity index (χ2n) is 6.56. The number of aryl methyl sites for hydroxylation is 1. The van der Waals surface area contributed by atoms with E-state index in [2.05, 4.69) is 10.6 Å². The summed E-state index contributed by atoms with van der Waals surface area (Å²) in [6.45, 7) is 5.42. The number of rotatable bonds is 9. The molecule has 28 heavy (non-hydrogen) atoms. The maximum atomic E-state index is 12.4. The quantitative estimate of drug-likeness (QED) is 0.599. The van der Waals surface area contributed by atoms with Crippen LogP contribution >= 0.6 is 23.2 Å². The van der Waals surface area contributed by atoms with Crippen LogP contribution < -0.4 is 10.6 Å². The fraction of sp³-hybridized carbons (Fsp3) is 0.333. The van der Waals surface area contributed by atoms with Gasteiger partial charge in [-0.1, -0.05) is 48.3 Å². The molecule has 2 amide bonds. The van der Waals surface area contributed by atoms with Crippen molar-refractivity contribution >= 4 is 46.4 Å². The van der Waals surface area contributed by atoms with Crippen molar-refractivity contribution in [3.63, 3.8) is 0 Å². The monoisotopic (exact) mass is 421 g/mol. The third-order valence-electron chi connectivity index (χ3n) is 4.18. The van der Waals surface area contributed by atoms with Crippen molar-refractivity contribution in [2.75, 3.05) is 30.3 Å². The van der Waals surface area contributed by atoms with E-state index < -0.39 is 0 Å². The highest BCUT2D eigenvalue weighted by molar-refractivity contribution is 6.35. The highest BCUT2D eigenvalue weighted by Crippen LogP contribution is 2.25. The number of carbonyl (C=O) groups excluding carboxylic acids is 2. The molecule has 0 bridgehead atoms.